The molecule has 1 aromatic rings. The van der Waals surface area contributed by atoms with Crippen molar-refractivity contribution in [3.63, 3.8) is 0 Å². The Bertz CT molecular complexity index is 302. The zero-order valence-corrected chi connectivity index (χ0v) is 10.5. The lowest BCUT2D eigenvalue weighted by molar-refractivity contribution is 0.146. The van der Waals surface area contributed by atoms with E-state index in [1.807, 2.05) is 18.2 Å². The summed E-state index contributed by atoms with van der Waals surface area (Å²) in [5, 5.41) is 0. The third kappa shape index (κ3) is 4.20. The number of benzene rings is 1. The van der Waals surface area contributed by atoms with E-state index in [0.717, 1.165) is 15.8 Å². The van der Waals surface area contributed by atoms with Crippen molar-refractivity contribution in [2.45, 2.75) is 6.61 Å². The minimum atomic E-state index is 0.560. The minimum absolute atomic E-state index is 0.560. The molecule has 0 saturated heterocycles. The molecule has 0 aliphatic rings. The Kier molecular flexibility index (Phi) is 5.68. The van der Waals surface area contributed by atoms with Crippen molar-refractivity contribution in [1.29, 1.82) is 0 Å². The van der Waals surface area contributed by atoms with E-state index in [1.165, 1.54) is 0 Å². The van der Waals surface area contributed by atoms with Gasteiger partial charge in [0.05, 0.1) is 13.2 Å². The van der Waals surface area contributed by atoms with Gasteiger partial charge in [0, 0.05) is 18.7 Å². The van der Waals surface area contributed by atoms with Crippen LogP contribution in [0.4, 0.5) is 0 Å². The van der Waals surface area contributed by atoms with Crippen LogP contribution in [0.15, 0.2) is 22.7 Å². The Morgan fingerprint density at radius 1 is 1.13 bits per heavy atom. The van der Waals surface area contributed by atoms with Gasteiger partial charge in [-0.05, 0) is 23.8 Å². The molecule has 0 aromatic heterocycles. The van der Waals surface area contributed by atoms with Crippen LogP contribution in [0, 0.1) is 0 Å². The summed E-state index contributed by atoms with van der Waals surface area (Å²) in [6.45, 7) is 1.72. The van der Waals surface area contributed by atoms with Gasteiger partial charge in [-0.15, -0.1) is 0 Å². The van der Waals surface area contributed by atoms with E-state index in [-0.39, 0.29) is 0 Å². The minimum Gasteiger partial charge on any atom is -0.491 e. The summed E-state index contributed by atoms with van der Waals surface area (Å²) in [4.78, 5) is 0. The molecule has 1 rings (SSSR count). The smallest absolute Gasteiger partial charge is 0.119 e. The van der Waals surface area contributed by atoms with Crippen molar-refractivity contribution >= 4 is 15.9 Å². The predicted octanol–water partition coefficient (Wildman–Crippen LogP) is 2.62. The van der Waals surface area contributed by atoms with E-state index in [9.17, 15) is 0 Å². The first kappa shape index (κ1) is 12.5. The second-order valence-corrected chi connectivity index (χ2v) is 3.88. The fraction of sp³-hybridized carbons (Fsp3) is 0.455. The lowest BCUT2D eigenvalue weighted by Gasteiger charge is -2.08. The quantitative estimate of drug-likeness (QED) is 0.747. The molecule has 0 unspecified atom stereocenters. The Hall–Kier alpha value is -0.580. The highest BCUT2D eigenvalue weighted by Gasteiger charge is 2.02. The largest absolute Gasteiger partial charge is 0.491 e. The first-order valence-electron chi connectivity index (χ1n) is 4.67. The summed E-state index contributed by atoms with van der Waals surface area (Å²) in [5.74, 6) is 0.835. The highest BCUT2D eigenvalue weighted by atomic mass is 79.9. The average Bonchev–Trinajstić information content (AvgIpc) is 2.23. The topological polar surface area (TPSA) is 27.7 Å². The molecule has 0 saturated carbocycles. The molecule has 0 bridgehead atoms. The molecule has 84 valence electrons. The van der Waals surface area contributed by atoms with Crippen molar-refractivity contribution in [3.05, 3.63) is 28.2 Å². The number of halogens is 1. The summed E-state index contributed by atoms with van der Waals surface area (Å²) in [5.41, 5.74) is 1.08. The standard InChI is InChI=1S/C11H15BrO3/c1-13-5-6-15-10-3-4-11(12)9(7-10)8-14-2/h3-4,7H,5-6,8H2,1-2H3. The number of hydrogen-bond donors (Lipinski definition) is 0. The molecule has 0 N–H and O–H groups in total. The Balaban J connectivity index is 2.61. The van der Waals surface area contributed by atoms with Gasteiger partial charge in [-0.2, -0.15) is 0 Å². The van der Waals surface area contributed by atoms with Crippen LogP contribution < -0.4 is 4.74 Å². The molecule has 0 heterocycles. The molecule has 15 heavy (non-hydrogen) atoms. The van der Waals surface area contributed by atoms with Crippen LogP contribution in [0.3, 0.4) is 0 Å². The van der Waals surface area contributed by atoms with E-state index >= 15 is 0 Å². The first-order chi connectivity index (χ1) is 7.27. The summed E-state index contributed by atoms with van der Waals surface area (Å²) in [6, 6.07) is 5.83. The van der Waals surface area contributed by atoms with Gasteiger partial charge in [0.15, 0.2) is 0 Å². The van der Waals surface area contributed by atoms with Crippen LogP contribution in [0.25, 0.3) is 0 Å². The number of ether oxygens (including phenoxy) is 3. The highest BCUT2D eigenvalue weighted by Crippen LogP contribution is 2.23. The van der Waals surface area contributed by atoms with Crippen LogP contribution in [0.5, 0.6) is 5.75 Å². The van der Waals surface area contributed by atoms with Crippen molar-refractivity contribution < 1.29 is 14.2 Å². The third-order valence-electron chi connectivity index (χ3n) is 1.87. The molecule has 0 aliphatic carbocycles. The maximum Gasteiger partial charge on any atom is 0.119 e. The lowest BCUT2D eigenvalue weighted by Crippen LogP contribution is -2.04. The molecule has 4 heteroatoms. The zero-order valence-electron chi connectivity index (χ0n) is 8.96. The van der Waals surface area contributed by atoms with E-state index in [0.29, 0.717) is 19.8 Å². The van der Waals surface area contributed by atoms with Crippen LogP contribution in [-0.2, 0) is 16.1 Å². The van der Waals surface area contributed by atoms with Crippen LogP contribution in [0.2, 0.25) is 0 Å². The third-order valence-corrected chi connectivity index (χ3v) is 2.65. The van der Waals surface area contributed by atoms with Gasteiger partial charge in [0.25, 0.3) is 0 Å². The van der Waals surface area contributed by atoms with Crippen molar-refractivity contribution in [2.24, 2.45) is 0 Å². The molecule has 1 aromatic carbocycles. The van der Waals surface area contributed by atoms with Crippen LogP contribution in [-0.4, -0.2) is 27.4 Å². The van der Waals surface area contributed by atoms with Crippen molar-refractivity contribution in [1.82, 2.24) is 0 Å². The summed E-state index contributed by atoms with van der Waals surface area (Å²) < 4.78 is 16.5. The van der Waals surface area contributed by atoms with E-state index in [2.05, 4.69) is 15.9 Å². The highest BCUT2D eigenvalue weighted by molar-refractivity contribution is 9.10. The predicted molar refractivity (Wildman–Crippen MR) is 62.2 cm³/mol. The normalized spacial score (nSPS) is 10.3. The van der Waals surface area contributed by atoms with Crippen LogP contribution in [0.1, 0.15) is 5.56 Å². The van der Waals surface area contributed by atoms with Crippen LogP contribution >= 0.6 is 15.9 Å². The molecular formula is C11H15BrO3. The molecule has 0 spiro atoms. The number of rotatable bonds is 6. The molecule has 0 amide bonds. The van der Waals surface area contributed by atoms with Gasteiger partial charge in [-0.25, -0.2) is 0 Å². The Morgan fingerprint density at radius 2 is 1.93 bits per heavy atom. The maximum atomic E-state index is 5.49. The molecule has 3 nitrogen and oxygen atoms in total. The van der Waals surface area contributed by atoms with Gasteiger partial charge in [-0.3, -0.25) is 0 Å². The lowest BCUT2D eigenvalue weighted by atomic mass is 10.2. The molecule has 0 aliphatic heterocycles. The van der Waals surface area contributed by atoms with Crippen molar-refractivity contribution in [3.8, 4) is 5.75 Å². The maximum absolute atomic E-state index is 5.49. The SMILES string of the molecule is COCCOc1ccc(Br)c(COC)c1. The second kappa shape index (κ2) is 6.82. The van der Waals surface area contributed by atoms with Gasteiger partial charge in [0.2, 0.25) is 0 Å². The fourth-order valence-corrected chi connectivity index (χ4v) is 1.51. The summed E-state index contributed by atoms with van der Waals surface area (Å²) in [6.07, 6.45) is 0. The summed E-state index contributed by atoms with van der Waals surface area (Å²) >= 11 is 3.45. The van der Waals surface area contributed by atoms with Gasteiger partial charge in [0.1, 0.15) is 12.4 Å². The van der Waals surface area contributed by atoms with Gasteiger partial charge in [-0.1, -0.05) is 15.9 Å². The van der Waals surface area contributed by atoms with E-state index in [4.69, 9.17) is 14.2 Å². The zero-order chi connectivity index (χ0) is 11.1. The molecule has 0 atom stereocenters. The summed E-state index contributed by atoms with van der Waals surface area (Å²) in [7, 11) is 3.33. The molecular weight excluding hydrogens is 260 g/mol. The number of hydrogen-bond acceptors (Lipinski definition) is 3. The van der Waals surface area contributed by atoms with Crippen molar-refractivity contribution in [2.75, 3.05) is 27.4 Å². The van der Waals surface area contributed by atoms with E-state index in [1.54, 1.807) is 14.2 Å². The second-order valence-electron chi connectivity index (χ2n) is 3.03. The number of methoxy groups -OCH3 is 2. The fourth-order valence-electron chi connectivity index (χ4n) is 1.15. The monoisotopic (exact) mass is 274 g/mol. The van der Waals surface area contributed by atoms with E-state index < -0.39 is 0 Å². The molecule has 0 radical (unpaired) electrons. The Labute approximate surface area is 98.5 Å². The Morgan fingerprint density at radius 3 is 2.60 bits per heavy atom. The average molecular weight is 275 g/mol. The van der Waals surface area contributed by atoms with Gasteiger partial charge >= 0.3 is 0 Å². The first-order valence-corrected chi connectivity index (χ1v) is 5.46. The van der Waals surface area contributed by atoms with Gasteiger partial charge < -0.3 is 14.2 Å². The molecule has 0 fully saturated rings.